The number of nitrogens with zero attached hydrogens (tertiary/aromatic N) is 1. The Kier molecular flexibility index (Phi) is 13.0. The van der Waals surface area contributed by atoms with Crippen molar-refractivity contribution in [1.82, 2.24) is 15.3 Å². The van der Waals surface area contributed by atoms with Crippen LogP contribution in [0.4, 0.5) is 0 Å². The summed E-state index contributed by atoms with van der Waals surface area (Å²) in [4.78, 5) is 19.1. The van der Waals surface area contributed by atoms with Gasteiger partial charge in [0.2, 0.25) is 5.91 Å². The van der Waals surface area contributed by atoms with E-state index in [2.05, 4.69) is 62.9 Å². The Hall–Kier alpha value is -1.28. The minimum Gasteiger partial charge on any atom is -0.679 e. The first-order valence-electron chi connectivity index (χ1n) is 8.36. The number of H-pyrrole nitrogens is 1. The summed E-state index contributed by atoms with van der Waals surface area (Å²) in [6, 6.07) is 11.9. The predicted octanol–water partition coefficient (Wildman–Crippen LogP) is 4.44. The van der Waals surface area contributed by atoms with Gasteiger partial charge in [0.15, 0.2) is 0 Å². The number of amides is 1. The summed E-state index contributed by atoms with van der Waals surface area (Å²) in [5.74, 6) is 0.0426. The van der Waals surface area contributed by atoms with Gasteiger partial charge in [-0.3, -0.25) is 9.78 Å². The van der Waals surface area contributed by atoms with Crippen molar-refractivity contribution >= 4 is 36.2 Å². The maximum Gasteiger partial charge on any atom is -0.171 e. The Balaban J connectivity index is 0.000000541. The Labute approximate surface area is 181 Å². The minimum absolute atomic E-state index is 0.0426. The van der Waals surface area contributed by atoms with Crippen LogP contribution in [0.2, 0.25) is 0 Å². The number of carbonyl (C=O) groups excluding carboxylic acids is 1. The average molecular weight is 659 g/mol. The average Bonchev–Trinajstić information content (AvgIpc) is 3.14. The van der Waals surface area contributed by atoms with Crippen LogP contribution in [0.15, 0.2) is 55.0 Å². The van der Waals surface area contributed by atoms with Crippen molar-refractivity contribution in [3.63, 3.8) is 0 Å². The van der Waals surface area contributed by atoms with Crippen LogP contribution >= 0.6 is 19.4 Å². The van der Waals surface area contributed by atoms with Gasteiger partial charge in [-0.1, -0.05) is 18.2 Å². The molecule has 2 heterocycles. The normalized spacial score (nSPS) is 9.67. The van der Waals surface area contributed by atoms with Gasteiger partial charge < -0.3 is 21.8 Å². The zero-order valence-electron chi connectivity index (χ0n) is 14.8. The van der Waals surface area contributed by atoms with E-state index in [9.17, 15) is 4.79 Å². The van der Waals surface area contributed by atoms with Gasteiger partial charge in [0.1, 0.15) is 0 Å². The molecule has 0 aliphatic carbocycles. The molecule has 0 unspecified atom stereocenters. The zero-order valence-corrected chi connectivity index (χ0v) is 19.2. The topological polar surface area (TPSA) is 105 Å². The van der Waals surface area contributed by atoms with Gasteiger partial charge in [0.05, 0.1) is 6.42 Å². The van der Waals surface area contributed by atoms with Crippen LogP contribution in [0.3, 0.4) is 0 Å². The predicted molar refractivity (Wildman–Crippen MR) is 115 cm³/mol. The molecule has 149 valence electrons. The molecular formula is C19H23IN5OPt-2. The molecule has 27 heavy (non-hydrogen) atoms. The summed E-state index contributed by atoms with van der Waals surface area (Å²) in [5.41, 5.74) is 15.9. The molecule has 1 aromatic carbocycles. The van der Waals surface area contributed by atoms with E-state index in [1.54, 1.807) is 12.4 Å². The molecule has 0 fully saturated rings. The molecule has 2 aromatic heterocycles. The number of rotatable bonds is 6. The molecule has 4 N–H and O–H groups in total. The largest absolute Gasteiger partial charge is 0.679 e. The molecule has 8 heteroatoms. The van der Waals surface area contributed by atoms with Crippen molar-refractivity contribution in [3.05, 3.63) is 77.6 Å². The van der Waals surface area contributed by atoms with Gasteiger partial charge in [-0.05, 0) is 35.7 Å². The molecule has 0 radical (unpaired) electrons. The van der Waals surface area contributed by atoms with Crippen LogP contribution in [0.25, 0.3) is 22.4 Å². The van der Waals surface area contributed by atoms with Gasteiger partial charge in [-0.25, -0.2) is 0 Å². The van der Waals surface area contributed by atoms with Crippen LogP contribution in [0, 0.1) is 0 Å². The third-order valence-electron chi connectivity index (χ3n) is 3.63. The van der Waals surface area contributed by atoms with E-state index < -0.39 is 0 Å². The van der Waals surface area contributed by atoms with Crippen LogP contribution in [-0.4, -0.2) is 35.5 Å². The van der Waals surface area contributed by atoms with Crippen molar-refractivity contribution in [3.8, 4) is 0 Å². The van der Waals surface area contributed by atoms with Crippen molar-refractivity contribution in [2.24, 2.45) is 0 Å². The molecule has 0 bridgehead atoms. The second-order valence-electron chi connectivity index (χ2n) is 5.49. The molecule has 0 atom stereocenters. The number of para-hydroxylation sites is 1. The minimum atomic E-state index is 0.0426. The van der Waals surface area contributed by atoms with E-state index in [4.69, 9.17) is 11.5 Å². The molecular weight excluding hydrogens is 636 g/mol. The maximum atomic E-state index is 11.9. The number of halogens is 1. The van der Waals surface area contributed by atoms with E-state index in [0.717, 1.165) is 17.5 Å². The summed E-state index contributed by atoms with van der Waals surface area (Å²) < 4.78 is 0. The summed E-state index contributed by atoms with van der Waals surface area (Å²) in [7, 11) is 0. The number of hydrogen-bond donors (Lipinski definition) is 2. The van der Waals surface area contributed by atoms with E-state index in [1.165, 1.54) is 10.9 Å². The van der Waals surface area contributed by atoms with Gasteiger partial charge in [-0.2, -0.15) is 13.1 Å². The first kappa shape index (κ1) is 23.8. The fourth-order valence-corrected chi connectivity index (χ4v) is 2.42. The molecule has 3 rings (SSSR count). The van der Waals surface area contributed by atoms with Crippen molar-refractivity contribution in [2.45, 2.75) is 12.8 Å². The molecule has 0 aliphatic heterocycles. The third kappa shape index (κ3) is 8.97. The number of aromatic nitrogens is 2. The Bertz CT molecular complexity index is 780. The number of nitrogens with one attached hydrogen (secondary N) is 4. The SMILES string of the molecule is O=C(Cc1ccncc1)NCCc1c[nH]c2ccccc12.[I][Pt].[NH-]CC[NH-]. The van der Waals surface area contributed by atoms with Gasteiger partial charge in [-0.15, -0.1) is 0 Å². The quantitative estimate of drug-likeness (QED) is 0.383. The number of hydrogen-bond acceptors (Lipinski definition) is 2. The second-order valence-corrected chi connectivity index (χ2v) is 5.49. The Morgan fingerprint density at radius 1 is 1.11 bits per heavy atom. The molecule has 1 amide bonds. The summed E-state index contributed by atoms with van der Waals surface area (Å²) in [6.45, 7) is 1.12. The van der Waals surface area contributed by atoms with Gasteiger partial charge in [0.25, 0.3) is 0 Å². The third-order valence-corrected chi connectivity index (χ3v) is 3.63. The number of fused-ring (bicyclic) bond motifs is 1. The molecule has 6 nitrogen and oxygen atoms in total. The molecule has 0 spiro atoms. The van der Waals surface area contributed by atoms with Crippen LogP contribution in [-0.2, 0) is 33.8 Å². The number of benzene rings is 1. The van der Waals surface area contributed by atoms with Crippen LogP contribution < -0.4 is 5.32 Å². The van der Waals surface area contributed by atoms with Crippen molar-refractivity contribution in [2.75, 3.05) is 19.6 Å². The van der Waals surface area contributed by atoms with Crippen molar-refractivity contribution < 1.29 is 20.9 Å². The van der Waals surface area contributed by atoms with Crippen LogP contribution in [0.1, 0.15) is 11.1 Å². The molecule has 0 saturated heterocycles. The number of pyridine rings is 1. The van der Waals surface area contributed by atoms with Gasteiger partial charge in [0, 0.05) is 36.0 Å². The summed E-state index contributed by atoms with van der Waals surface area (Å²) in [5, 5.41) is 4.18. The zero-order chi connectivity index (χ0) is 19.9. The van der Waals surface area contributed by atoms with Gasteiger partial charge >= 0.3 is 35.5 Å². The summed E-state index contributed by atoms with van der Waals surface area (Å²) >= 11 is 4.23. The fraction of sp³-hybridized carbons (Fsp3) is 0.263. The van der Waals surface area contributed by atoms with E-state index >= 15 is 0 Å². The molecule has 0 saturated carbocycles. The van der Waals surface area contributed by atoms with E-state index in [1.807, 2.05) is 30.5 Å². The standard InChI is InChI=1S/C17H17N3O.C2H6N2.HI.Pt/c21-17(11-13-5-8-18-9-6-13)19-10-7-14-12-20-16-4-2-1-3-15(14)16;3-1-2-4;;/h1-6,8-9,12,20H,7,10-11H2,(H,19,21);3-4H,1-2H2;1H;/q;-2;;+1/p-1. The van der Waals surface area contributed by atoms with Crippen molar-refractivity contribution in [1.29, 1.82) is 0 Å². The van der Waals surface area contributed by atoms with E-state index in [0.29, 0.717) is 13.0 Å². The summed E-state index contributed by atoms with van der Waals surface area (Å²) in [6.07, 6.45) is 6.64. The monoisotopic (exact) mass is 659 g/mol. The number of carbonyl (C=O) groups is 1. The Morgan fingerprint density at radius 3 is 2.44 bits per heavy atom. The Morgan fingerprint density at radius 2 is 1.78 bits per heavy atom. The van der Waals surface area contributed by atoms with Crippen LogP contribution in [0.5, 0.6) is 0 Å². The smallest absolute Gasteiger partial charge is 0.171 e. The first-order valence-corrected chi connectivity index (χ1v) is 14.8. The number of aromatic amines is 1. The first-order chi connectivity index (χ1) is 13.2. The molecule has 3 aromatic rings. The fourth-order valence-electron chi connectivity index (χ4n) is 2.42. The van der Waals surface area contributed by atoms with E-state index in [-0.39, 0.29) is 19.0 Å². The maximum absolute atomic E-state index is 11.9. The molecule has 0 aliphatic rings. The second kappa shape index (κ2) is 14.7.